The van der Waals surface area contributed by atoms with Crippen LogP contribution in [0.15, 0.2) is 53.1 Å². The molecule has 21 heavy (non-hydrogen) atoms. The van der Waals surface area contributed by atoms with Crippen molar-refractivity contribution in [3.63, 3.8) is 0 Å². The Morgan fingerprint density at radius 1 is 1.14 bits per heavy atom. The van der Waals surface area contributed by atoms with Crippen LogP contribution in [-0.2, 0) is 10.0 Å². The van der Waals surface area contributed by atoms with Crippen LogP contribution in [0.2, 0.25) is 0 Å². The fraction of sp³-hybridized carbons (Fsp3) is 0.0667. The number of rotatable bonds is 3. The zero-order valence-corrected chi connectivity index (χ0v) is 13.6. The SMILES string of the molecule is CS(=O)(=O)Nc1cc(Br)cc(-c2cccc3[nH]ccc23)c1. The molecule has 3 aromatic rings. The highest BCUT2D eigenvalue weighted by Crippen LogP contribution is 2.32. The standard InChI is InChI=1S/C15H13BrN2O2S/c1-21(19,20)18-12-8-10(7-11(16)9-12)13-3-2-4-15-14(13)5-6-17-15/h2-9,17-18H,1H3. The number of aromatic nitrogens is 1. The third-order valence-electron chi connectivity index (χ3n) is 3.11. The van der Waals surface area contributed by atoms with Crippen molar-refractivity contribution in [1.82, 2.24) is 4.98 Å². The summed E-state index contributed by atoms with van der Waals surface area (Å²) in [5, 5.41) is 1.10. The van der Waals surface area contributed by atoms with E-state index in [2.05, 4.69) is 25.6 Å². The second-order valence-electron chi connectivity index (χ2n) is 4.85. The molecule has 0 saturated carbocycles. The van der Waals surface area contributed by atoms with Gasteiger partial charge in [0.15, 0.2) is 0 Å². The average Bonchev–Trinajstić information content (AvgIpc) is 2.83. The quantitative estimate of drug-likeness (QED) is 0.738. The minimum absolute atomic E-state index is 0.536. The highest BCUT2D eigenvalue weighted by Gasteiger charge is 2.09. The fourth-order valence-electron chi connectivity index (χ4n) is 2.36. The average molecular weight is 365 g/mol. The number of H-pyrrole nitrogens is 1. The summed E-state index contributed by atoms with van der Waals surface area (Å²) in [6.07, 6.45) is 3.03. The summed E-state index contributed by atoms with van der Waals surface area (Å²) in [6, 6.07) is 13.5. The minimum atomic E-state index is -3.30. The number of nitrogens with one attached hydrogen (secondary N) is 2. The molecule has 2 N–H and O–H groups in total. The minimum Gasteiger partial charge on any atom is -0.361 e. The molecule has 0 saturated heterocycles. The van der Waals surface area contributed by atoms with E-state index < -0.39 is 10.0 Å². The molecule has 0 atom stereocenters. The van der Waals surface area contributed by atoms with E-state index in [0.717, 1.165) is 32.8 Å². The molecule has 0 aliphatic carbocycles. The maximum absolute atomic E-state index is 11.4. The van der Waals surface area contributed by atoms with E-state index in [4.69, 9.17) is 0 Å². The monoisotopic (exact) mass is 364 g/mol. The number of halogens is 1. The van der Waals surface area contributed by atoms with Gasteiger partial charge in [0.2, 0.25) is 10.0 Å². The van der Waals surface area contributed by atoms with Crippen molar-refractivity contribution in [2.75, 3.05) is 11.0 Å². The molecule has 1 aromatic heterocycles. The second-order valence-corrected chi connectivity index (χ2v) is 7.51. The van der Waals surface area contributed by atoms with Gasteiger partial charge < -0.3 is 4.98 Å². The topological polar surface area (TPSA) is 62.0 Å². The molecule has 0 fully saturated rings. The van der Waals surface area contributed by atoms with Crippen LogP contribution in [-0.4, -0.2) is 19.7 Å². The molecular formula is C15H13BrN2O2S. The van der Waals surface area contributed by atoms with E-state index in [1.165, 1.54) is 0 Å². The molecule has 0 radical (unpaired) electrons. The van der Waals surface area contributed by atoms with E-state index in [9.17, 15) is 8.42 Å². The summed E-state index contributed by atoms with van der Waals surface area (Å²) < 4.78 is 26.1. The number of hydrogen-bond acceptors (Lipinski definition) is 2. The number of benzene rings is 2. The summed E-state index contributed by atoms with van der Waals surface area (Å²) in [6.45, 7) is 0. The van der Waals surface area contributed by atoms with Crippen LogP contribution in [0.4, 0.5) is 5.69 Å². The smallest absolute Gasteiger partial charge is 0.229 e. The summed E-state index contributed by atoms with van der Waals surface area (Å²) in [4.78, 5) is 3.17. The third-order valence-corrected chi connectivity index (χ3v) is 4.17. The Labute approximate surface area is 131 Å². The predicted molar refractivity (Wildman–Crippen MR) is 89.9 cm³/mol. The van der Waals surface area contributed by atoms with Gasteiger partial charge in [-0.05, 0) is 41.5 Å². The number of anilines is 1. The van der Waals surface area contributed by atoms with E-state index >= 15 is 0 Å². The Kier molecular flexibility index (Phi) is 3.51. The van der Waals surface area contributed by atoms with Gasteiger partial charge in [-0.3, -0.25) is 4.72 Å². The van der Waals surface area contributed by atoms with Crippen molar-refractivity contribution >= 4 is 42.5 Å². The number of hydrogen-bond donors (Lipinski definition) is 2. The Balaban J connectivity index is 2.16. The summed E-state index contributed by atoms with van der Waals surface area (Å²) >= 11 is 3.43. The van der Waals surface area contributed by atoms with Crippen molar-refractivity contribution in [2.24, 2.45) is 0 Å². The van der Waals surface area contributed by atoms with Gasteiger partial charge >= 0.3 is 0 Å². The summed E-state index contributed by atoms with van der Waals surface area (Å²) in [7, 11) is -3.30. The summed E-state index contributed by atoms with van der Waals surface area (Å²) in [5.74, 6) is 0. The second kappa shape index (κ2) is 5.20. The van der Waals surface area contributed by atoms with Crippen LogP contribution < -0.4 is 4.72 Å². The molecule has 1 heterocycles. The molecule has 2 aromatic carbocycles. The lowest BCUT2D eigenvalue weighted by Crippen LogP contribution is -2.09. The van der Waals surface area contributed by atoms with Gasteiger partial charge in [-0.25, -0.2) is 8.42 Å². The van der Waals surface area contributed by atoms with Gasteiger partial charge in [0.25, 0.3) is 0 Å². The van der Waals surface area contributed by atoms with Gasteiger partial charge in [0.1, 0.15) is 0 Å². The Hall–Kier alpha value is -1.79. The van der Waals surface area contributed by atoms with Crippen LogP contribution in [0, 0.1) is 0 Å². The van der Waals surface area contributed by atoms with Crippen molar-refractivity contribution in [3.05, 3.63) is 53.1 Å². The molecule has 108 valence electrons. The van der Waals surface area contributed by atoms with Crippen LogP contribution in [0.25, 0.3) is 22.0 Å². The van der Waals surface area contributed by atoms with Gasteiger partial charge in [0.05, 0.1) is 11.9 Å². The molecule has 0 aliphatic heterocycles. The number of sulfonamides is 1. The van der Waals surface area contributed by atoms with Gasteiger partial charge in [-0.15, -0.1) is 0 Å². The van der Waals surface area contributed by atoms with Crippen molar-refractivity contribution in [1.29, 1.82) is 0 Å². The molecular weight excluding hydrogens is 352 g/mol. The Bertz CT molecular complexity index is 916. The lowest BCUT2D eigenvalue weighted by Gasteiger charge is -2.09. The molecule has 6 heteroatoms. The predicted octanol–water partition coefficient (Wildman–Crippen LogP) is 3.97. The lowest BCUT2D eigenvalue weighted by atomic mass is 10.0. The molecule has 0 unspecified atom stereocenters. The normalized spacial score (nSPS) is 11.7. The summed E-state index contributed by atoms with van der Waals surface area (Å²) in [5.41, 5.74) is 3.58. The number of fused-ring (bicyclic) bond motifs is 1. The molecule has 4 nitrogen and oxygen atoms in total. The third kappa shape index (κ3) is 3.11. The molecule has 0 spiro atoms. The van der Waals surface area contributed by atoms with E-state index in [1.807, 2.05) is 42.6 Å². The first kappa shape index (κ1) is 14.2. The van der Waals surface area contributed by atoms with E-state index in [1.54, 1.807) is 6.07 Å². The highest BCUT2D eigenvalue weighted by molar-refractivity contribution is 9.10. The van der Waals surface area contributed by atoms with Crippen LogP contribution in [0.1, 0.15) is 0 Å². The lowest BCUT2D eigenvalue weighted by molar-refractivity contribution is 0.607. The molecule has 0 amide bonds. The van der Waals surface area contributed by atoms with E-state index in [0.29, 0.717) is 5.69 Å². The van der Waals surface area contributed by atoms with Gasteiger partial charge in [0, 0.05) is 21.6 Å². The molecule has 0 bridgehead atoms. The van der Waals surface area contributed by atoms with Crippen LogP contribution in [0.3, 0.4) is 0 Å². The fourth-order valence-corrected chi connectivity index (χ4v) is 3.39. The first-order valence-corrected chi connectivity index (χ1v) is 8.96. The van der Waals surface area contributed by atoms with Crippen LogP contribution in [0.5, 0.6) is 0 Å². The first-order chi connectivity index (χ1) is 9.92. The van der Waals surface area contributed by atoms with Crippen molar-refractivity contribution in [3.8, 4) is 11.1 Å². The van der Waals surface area contributed by atoms with Crippen LogP contribution >= 0.6 is 15.9 Å². The zero-order valence-electron chi connectivity index (χ0n) is 11.2. The maximum Gasteiger partial charge on any atom is 0.229 e. The molecule has 3 rings (SSSR count). The molecule has 0 aliphatic rings. The largest absolute Gasteiger partial charge is 0.361 e. The van der Waals surface area contributed by atoms with Crippen molar-refractivity contribution in [2.45, 2.75) is 0 Å². The van der Waals surface area contributed by atoms with Crippen molar-refractivity contribution < 1.29 is 8.42 Å². The maximum atomic E-state index is 11.4. The Morgan fingerprint density at radius 2 is 1.95 bits per heavy atom. The van der Waals surface area contributed by atoms with Gasteiger partial charge in [-0.2, -0.15) is 0 Å². The number of aromatic amines is 1. The zero-order chi connectivity index (χ0) is 15.0. The highest BCUT2D eigenvalue weighted by atomic mass is 79.9. The van der Waals surface area contributed by atoms with E-state index in [-0.39, 0.29) is 0 Å². The van der Waals surface area contributed by atoms with Gasteiger partial charge in [-0.1, -0.05) is 28.1 Å². The first-order valence-electron chi connectivity index (χ1n) is 6.27. The Morgan fingerprint density at radius 3 is 2.71 bits per heavy atom.